The van der Waals surface area contributed by atoms with E-state index in [-0.39, 0.29) is 0 Å². The predicted octanol–water partition coefficient (Wildman–Crippen LogP) is 2.92. The second kappa shape index (κ2) is 5.07. The molecule has 0 fully saturated rings. The lowest BCUT2D eigenvalue weighted by atomic mass is 10.3. The van der Waals surface area contributed by atoms with E-state index in [1.54, 1.807) is 6.20 Å². The zero-order chi connectivity index (χ0) is 11.4. The van der Waals surface area contributed by atoms with Crippen LogP contribution in [0, 0.1) is 0 Å². The van der Waals surface area contributed by atoms with Gasteiger partial charge in [0.1, 0.15) is 4.60 Å². The van der Waals surface area contributed by atoms with Gasteiger partial charge >= 0.3 is 6.01 Å². The van der Waals surface area contributed by atoms with E-state index in [2.05, 4.69) is 43.4 Å². The van der Waals surface area contributed by atoms with Crippen molar-refractivity contribution in [1.29, 1.82) is 0 Å². The van der Waals surface area contributed by atoms with Gasteiger partial charge in [0.25, 0.3) is 0 Å². The molecule has 0 amide bonds. The summed E-state index contributed by atoms with van der Waals surface area (Å²) in [7, 11) is 0. The second-order valence-corrected chi connectivity index (χ2v) is 4.06. The Morgan fingerprint density at radius 3 is 2.94 bits per heavy atom. The minimum absolute atomic E-state index is 0.396. The first kappa shape index (κ1) is 11.1. The monoisotopic (exact) mass is 282 g/mol. The van der Waals surface area contributed by atoms with Crippen LogP contribution in [0.5, 0.6) is 0 Å². The van der Waals surface area contributed by atoms with Gasteiger partial charge in [0.2, 0.25) is 5.89 Å². The Bertz CT molecular complexity index is 454. The van der Waals surface area contributed by atoms with Gasteiger partial charge in [-0.05, 0) is 34.5 Å². The molecule has 2 aromatic heterocycles. The third-order valence-electron chi connectivity index (χ3n) is 1.91. The highest BCUT2D eigenvalue weighted by atomic mass is 79.9. The van der Waals surface area contributed by atoms with E-state index in [1.165, 1.54) is 0 Å². The number of anilines is 2. The molecule has 16 heavy (non-hydrogen) atoms. The Morgan fingerprint density at radius 1 is 1.38 bits per heavy atom. The number of pyridine rings is 1. The van der Waals surface area contributed by atoms with Crippen molar-refractivity contribution in [2.75, 3.05) is 5.32 Å². The molecule has 0 atom stereocenters. The lowest BCUT2D eigenvalue weighted by molar-refractivity contribution is 0.505. The zero-order valence-electron chi connectivity index (χ0n) is 8.77. The number of nitrogens with one attached hydrogen (secondary N) is 1. The van der Waals surface area contributed by atoms with Crippen molar-refractivity contribution in [2.24, 2.45) is 0 Å². The maximum atomic E-state index is 5.39. The van der Waals surface area contributed by atoms with E-state index in [0.29, 0.717) is 11.9 Å². The highest BCUT2D eigenvalue weighted by molar-refractivity contribution is 9.10. The molecule has 0 unspecified atom stereocenters. The topological polar surface area (TPSA) is 63.8 Å². The van der Waals surface area contributed by atoms with Crippen molar-refractivity contribution in [2.45, 2.75) is 19.8 Å². The molecule has 2 heterocycles. The van der Waals surface area contributed by atoms with E-state index in [1.807, 2.05) is 12.1 Å². The number of hydrogen-bond donors (Lipinski definition) is 1. The van der Waals surface area contributed by atoms with Gasteiger partial charge in [0.15, 0.2) is 0 Å². The summed E-state index contributed by atoms with van der Waals surface area (Å²) in [4.78, 5) is 4.08. The molecule has 1 N–H and O–H groups in total. The van der Waals surface area contributed by atoms with Crippen LogP contribution in [0.1, 0.15) is 19.2 Å². The number of hydrogen-bond acceptors (Lipinski definition) is 5. The smallest absolute Gasteiger partial charge is 0.320 e. The van der Waals surface area contributed by atoms with Crippen molar-refractivity contribution in [3.63, 3.8) is 0 Å². The van der Waals surface area contributed by atoms with Crippen molar-refractivity contribution in [3.8, 4) is 0 Å². The average molecular weight is 283 g/mol. The van der Waals surface area contributed by atoms with E-state index in [0.717, 1.165) is 23.1 Å². The molecule has 0 saturated carbocycles. The van der Waals surface area contributed by atoms with Crippen molar-refractivity contribution < 1.29 is 4.42 Å². The van der Waals surface area contributed by atoms with Gasteiger partial charge < -0.3 is 9.73 Å². The molecule has 0 radical (unpaired) electrons. The fourth-order valence-corrected chi connectivity index (χ4v) is 1.43. The van der Waals surface area contributed by atoms with Crippen molar-refractivity contribution in [3.05, 3.63) is 28.8 Å². The Labute approximate surface area is 101 Å². The van der Waals surface area contributed by atoms with E-state index < -0.39 is 0 Å². The van der Waals surface area contributed by atoms with Gasteiger partial charge in [-0.2, -0.15) is 0 Å². The number of aryl methyl sites for hydroxylation is 1. The van der Waals surface area contributed by atoms with Crippen LogP contribution < -0.4 is 5.32 Å². The molecule has 0 spiro atoms. The van der Waals surface area contributed by atoms with Gasteiger partial charge in [-0.1, -0.05) is 12.0 Å². The molecular weight excluding hydrogens is 272 g/mol. The van der Waals surface area contributed by atoms with E-state index in [9.17, 15) is 0 Å². The first-order chi connectivity index (χ1) is 7.78. The quantitative estimate of drug-likeness (QED) is 0.874. The summed E-state index contributed by atoms with van der Waals surface area (Å²) in [6.45, 7) is 2.07. The van der Waals surface area contributed by atoms with Crippen LogP contribution >= 0.6 is 15.9 Å². The van der Waals surface area contributed by atoms with E-state index in [4.69, 9.17) is 4.42 Å². The van der Waals surface area contributed by atoms with Crippen LogP contribution in [-0.2, 0) is 6.42 Å². The first-order valence-corrected chi connectivity index (χ1v) is 5.78. The summed E-state index contributed by atoms with van der Waals surface area (Å²) in [6.07, 6.45) is 3.47. The summed E-state index contributed by atoms with van der Waals surface area (Å²) in [5.41, 5.74) is 0.815. The van der Waals surface area contributed by atoms with Crippen LogP contribution in [0.3, 0.4) is 0 Å². The molecule has 0 aliphatic heterocycles. The molecule has 0 aliphatic rings. The Hall–Kier alpha value is -1.43. The minimum Gasteiger partial charge on any atom is -0.408 e. The van der Waals surface area contributed by atoms with Gasteiger partial charge in [0, 0.05) is 6.42 Å². The van der Waals surface area contributed by atoms with Crippen molar-refractivity contribution >= 4 is 27.6 Å². The summed E-state index contributed by atoms with van der Waals surface area (Å²) in [6, 6.07) is 4.11. The molecule has 2 rings (SSSR count). The Balaban J connectivity index is 2.05. The van der Waals surface area contributed by atoms with Gasteiger partial charge in [-0.25, -0.2) is 4.98 Å². The summed E-state index contributed by atoms with van der Waals surface area (Å²) in [5, 5.41) is 10.8. The number of nitrogens with zero attached hydrogens (tertiary/aromatic N) is 3. The summed E-state index contributed by atoms with van der Waals surface area (Å²) >= 11 is 3.27. The highest BCUT2D eigenvalue weighted by Gasteiger charge is 2.05. The summed E-state index contributed by atoms with van der Waals surface area (Å²) in [5.74, 6) is 0.648. The number of aromatic nitrogens is 3. The molecule has 0 aromatic carbocycles. The third-order valence-corrected chi connectivity index (χ3v) is 2.38. The number of halogens is 1. The van der Waals surface area contributed by atoms with Crippen LogP contribution in [0.25, 0.3) is 0 Å². The maximum absolute atomic E-state index is 5.39. The molecule has 6 heteroatoms. The van der Waals surface area contributed by atoms with Crippen LogP contribution in [0.2, 0.25) is 0 Å². The van der Waals surface area contributed by atoms with Crippen LogP contribution in [0.4, 0.5) is 11.7 Å². The van der Waals surface area contributed by atoms with E-state index >= 15 is 0 Å². The molecular formula is C10H11BrN4O. The number of rotatable bonds is 4. The Morgan fingerprint density at radius 2 is 2.25 bits per heavy atom. The minimum atomic E-state index is 0.396. The van der Waals surface area contributed by atoms with Gasteiger partial charge in [-0.15, -0.1) is 5.10 Å². The Kier molecular flexibility index (Phi) is 3.51. The fraction of sp³-hybridized carbons (Fsp3) is 0.300. The third kappa shape index (κ3) is 2.79. The normalized spacial score (nSPS) is 10.4. The maximum Gasteiger partial charge on any atom is 0.320 e. The average Bonchev–Trinajstić information content (AvgIpc) is 2.70. The molecule has 5 nitrogen and oxygen atoms in total. The van der Waals surface area contributed by atoms with Crippen LogP contribution in [0.15, 0.2) is 27.3 Å². The highest BCUT2D eigenvalue weighted by Crippen LogP contribution is 2.16. The van der Waals surface area contributed by atoms with Gasteiger partial charge in [0.05, 0.1) is 11.9 Å². The molecule has 0 aliphatic carbocycles. The SMILES string of the molecule is CCCc1nnc(Nc2ccc(Br)nc2)o1. The molecule has 84 valence electrons. The summed E-state index contributed by atoms with van der Waals surface area (Å²) < 4.78 is 6.17. The lowest BCUT2D eigenvalue weighted by Crippen LogP contribution is -1.90. The zero-order valence-corrected chi connectivity index (χ0v) is 10.4. The largest absolute Gasteiger partial charge is 0.408 e. The van der Waals surface area contributed by atoms with Crippen LogP contribution in [-0.4, -0.2) is 15.2 Å². The molecule has 0 saturated heterocycles. The van der Waals surface area contributed by atoms with Crippen molar-refractivity contribution in [1.82, 2.24) is 15.2 Å². The molecule has 2 aromatic rings. The first-order valence-electron chi connectivity index (χ1n) is 4.99. The molecule has 0 bridgehead atoms. The second-order valence-electron chi connectivity index (χ2n) is 3.25. The fourth-order valence-electron chi connectivity index (χ4n) is 1.19. The lowest BCUT2D eigenvalue weighted by Gasteiger charge is -1.99. The van der Waals surface area contributed by atoms with Gasteiger partial charge in [-0.3, -0.25) is 0 Å². The predicted molar refractivity (Wildman–Crippen MR) is 63.5 cm³/mol. The standard InChI is InChI=1S/C10H11BrN4O/c1-2-3-9-14-15-10(16-9)13-7-4-5-8(11)12-6-7/h4-6H,2-3H2,1H3,(H,13,15).